The number of rotatable bonds is 6. The van der Waals surface area contributed by atoms with Gasteiger partial charge in [-0.25, -0.2) is 0 Å². The van der Waals surface area contributed by atoms with Gasteiger partial charge in [0.05, 0.1) is 12.1 Å². The Morgan fingerprint density at radius 1 is 1.26 bits per heavy atom. The summed E-state index contributed by atoms with van der Waals surface area (Å²) in [5.74, 6) is 0.632. The van der Waals surface area contributed by atoms with Gasteiger partial charge < -0.3 is 15.7 Å². The van der Waals surface area contributed by atoms with E-state index in [0.29, 0.717) is 24.4 Å². The lowest BCUT2D eigenvalue weighted by atomic mass is 9.88. The van der Waals surface area contributed by atoms with E-state index >= 15 is 0 Å². The highest BCUT2D eigenvalue weighted by Gasteiger charge is 2.35. The zero-order valence-corrected chi connectivity index (χ0v) is 12.2. The molecule has 0 radical (unpaired) electrons. The first-order valence-corrected chi connectivity index (χ1v) is 7.78. The lowest BCUT2D eigenvalue weighted by Crippen LogP contribution is -2.51. The van der Waals surface area contributed by atoms with Crippen molar-refractivity contribution in [3.63, 3.8) is 0 Å². The van der Waals surface area contributed by atoms with Gasteiger partial charge in [0.1, 0.15) is 0 Å². The van der Waals surface area contributed by atoms with Crippen LogP contribution in [0.2, 0.25) is 0 Å². The number of aliphatic hydroxyl groups is 1. The van der Waals surface area contributed by atoms with Gasteiger partial charge in [-0.05, 0) is 44.4 Å². The van der Waals surface area contributed by atoms with Crippen molar-refractivity contribution in [2.45, 2.75) is 76.4 Å². The molecule has 0 aromatic rings. The minimum Gasteiger partial charge on any atom is -0.394 e. The molecule has 2 unspecified atom stereocenters. The first kappa shape index (κ1) is 14.8. The Morgan fingerprint density at radius 2 is 1.84 bits per heavy atom. The molecule has 0 aromatic heterocycles. The maximum absolute atomic E-state index is 12.2. The van der Waals surface area contributed by atoms with Gasteiger partial charge in [-0.2, -0.15) is 0 Å². The standard InChI is InChI=1S/C15H28N2O2/c1-3-15(4-2,10-18)17-14(19)9-11-7-12-5-6-13(8-11)16-12/h11-13,16,18H,3-10H2,1-2H3,(H,17,19). The second-order valence-electron chi connectivity index (χ2n) is 6.37. The van der Waals surface area contributed by atoms with Crippen molar-refractivity contribution in [2.75, 3.05) is 6.61 Å². The van der Waals surface area contributed by atoms with Crippen LogP contribution in [-0.4, -0.2) is 35.2 Å². The fraction of sp³-hybridized carbons (Fsp3) is 0.933. The van der Waals surface area contributed by atoms with E-state index in [1.807, 2.05) is 13.8 Å². The van der Waals surface area contributed by atoms with E-state index in [0.717, 1.165) is 25.7 Å². The molecule has 2 aliphatic heterocycles. The number of hydrogen-bond donors (Lipinski definition) is 3. The SMILES string of the molecule is CCC(CC)(CO)NC(=O)CC1CC2CCC(C1)N2. The second-order valence-corrected chi connectivity index (χ2v) is 6.37. The van der Waals surface area contributed by atoms with Crippen molar-refractivity contribution < 1.29 is 9.90 Å². The van der Waals surface area contributed by atoms with Crippen molar-refractivity contribution in [2.24, 2.45) is 5.92 Å². The van der Waals surface area contributed by atoms with Crippen molar-refractivity contribution in [1.29, 1.82) is 0 Å². The molecule has 2 aliphatic rings. The molecule has 0 aliphatic carbocycles. The average Bonchev–Trinajstić information content (AvgIpc) is 2.75. The molecule has 2 bridgehead atoms. The van der Waals surface area contributed by atoms with Gasteiger partial charge in [-0.15, -0.1) is 0 Å². The fourth-order valence-corrected chi connectivity index (χ4v) is 3.64. The van der Waals surface area contributed by atoms with E-state index in [9.17, 15) is 9.90 Å². The Bertz CT molecular complexity index is 295. The number of carbonyl (C=O) groups is 1. The maximum Gasteiger partial charge on any atom is 0.220 e. The third-order valence-corrected chi connectivity index (χ3v) is 5.11. The predicted molar refractivity (Wildman–Crippen MR) is 75.8 cm³/mol. The molecule has 19 heavy (non-hydrogen) atoms. The summed E-state index contributed by atoms with van der Waals surface area (Å²) < 4.78 is 0. The van der Waals surface area contributed by atoms with Crippen LogP contribution in [0.3, 0.4) is 0 Å². The van der Waals surface area contributed by atoms with Crippen LogP contribution >= 0.6 is 0 Å². The molecule has 2 atom stereocenters. The van der Waals surface area contributed by atoms with Crippen LogP contribution in [0.15, 0.2) is 0 Å². The van der Waals surface area contributed by atoms with E-state index < -0.39 is 5.54 Å². The largest absolute Gasteiger partial charge is 0.394 e. The molecule has 0 saturated carbocycles. The molecule has 2 heterocycles. The van der Waals surface area contributed by atoms with E-state index in [4.69, 9.17) is 0 Å². The third-order valence-electron chi connectivity index (χ3n) is 5.11. The number of piperidine rings is 1. The van der Waals surface area contributed by atoms with Gasteiger partial charge in [0.2, 0.25) is 5.91 Å². The van der Waals surface area contributed by atoms with Crippen LogP contribution in [-0.2, 0) is 4.79 Å². The van der Waals surface area contributed by atoms with E-state index in [-0.39, 0.29) is 12.5 Å². The monoisotopic (exact) mass is 268 g/mol. The Kier molecular flexibility index (Phi) is 4.85. The maximum atomic E-state index is 12.2. The van der Waals surface area contributed by atoms with Gasteiger partial charge in [0.25, 0.3) is 0 Å². The van der Waals surface area contributed by atoms with Gasteiger partial charge in [0, 0.05) is 18.5 Å². The Balaban J connectivity index is 1.84. The molecule has 0 spiro atoms. The first-order chi connectivity index (χ1) is 9.10. The third kappa shape index (κ3) is 3.48. The normalized spacial score (nSPS) is 30.4. The van der Waals surface area contributed by atoms with Crippen LogP contribution in [0.1, 0.15) is 58.8 Å². The Hall–Kier alpha value is -0.610. The zero-order valence-electron chi connectivity index (χ0n) is 12.2. The van der Waals surface area contributed by atoms with Gasteiger partial charge in [-0.1, -0.05) is 13.8 Å². The van der Waals surface area contributed by atoms with Crippen LogP contribution in [0.5, 0.6) is 0 Å². The number of carbonyl (C=O) groups excluding carboxylic acids is 1. The van der Waals surface area contributed by atoms with Crippen LogP contribution in [0, 0.1) is 5.92 Å². The lowest BCUT2D eigenvalue weighted by Gasteiger charge is -2.33. The van der Waals surface area contributed by atoms with E-state index in [1.54, 1.807) is 0 Å². The molecule has 2 fully saturated rings. The molecule has 2 rings (SSSR count). The minimum atomic E-state index is -0.414. The van der Waals surface area contributed by atoms with Crippen molar-refractivity contribution in [3.05, 3.63) is 0 Å². The summed E-state index contributed by atoms with van der Waals surface area (Å²) >= 11 is 0. The molecule has 110 valence electrons. The summed E-state index contributed by atoms with van der Waals surface area (Å²) in [6.07, 6.45) is 6.99. The molecular formula is C15H28N2O2. The summed E-state index contributed by atoms with van der Waals surface area (Å²) in [6.45, 7) is 4.07. The fourth-order valence-electron chi connectivity index (χ4n) is 3.64. The zero-order chi connectivity index (χ0) is 13.9. The van der Waals surface area contributed by atoms with Crippen LogP contribution < -0.4 is 10.6 Å². The highest BCUT2D eigenvalue weighted by Crippen LogP contribution is 2.32. The first-order valence-electron chi connectivity index (χ1n) is 7.78. The van der Waals surface area contributed by atoms with Crippen molar-refractivity contribution in [3.8, 4) is 0 Å². The van der Waals surface area contributed by atoms with Crippen LogP contribution in [0.4, 0.5) is 0 Å². The number of fused-ring (bicyclic) bond motifs is 2. The number of hydrogen-bond acceptors (Lipinski definition) is 3. The highest BCUT2D eigenvalue weighted by molar-refractivity contribution is 5.77. The van der Waals surface area contributed by atoms with E-state index in [1.165, 1.54) is 12.8 Å². The topological polar surface area (TPSA) is 61.4 Å². The summed E-state index contributed by atoms with van der Waals surface area (Å²) in [4.78, 5) is 12.2. The smallest absolute Gasteiger partial charge is 0.220 e. The molecule has 3 N–H and O–H groups in total. The summed E-state index contributed by atoms with van der Waals surface area (Å²) in [5.41, 5.74) is -0.414. The Labute approximate surface area is 116 Å². The summed E-state index contributed by atoms with van der Waals surface area (Å²) in [5, 5.41) is 16.2. The highest BCUT2D eigenvalue weighted by atomic mass is 16.3. The van der Waals surface area contributed by atoms with Gasteiger partial charge >= 0.3 is 0 Å². The minimum absolute atomic E-state index is 0.0310. The predicted octanol–water partition coefficient (Wildman–Crippen LogP) is 1.57. The average molecular weight is 268 g/mol. The van der Waals surface area contributed by atoms with Crippen molar-refractivity contribution >= 4 is 5.91 Å². The summed E-state index contributed by atoms with van der Waals surface area (Å²) in [6, 6.07) is 1.27. The van der Waals surface area contributed by atoms with Gasteiger partial charge in [0.15, 0.2) is 0 Å². The quantitative estimate of drug-likeness (QED) is 0.685. The van der Waals surface area contributed by atoms with Crippen molar-refractivity contribution in [1.82, 2.24) is 10.6 Å². The summed E-state index contributed by atoms with van der Waals surface area (Å²) in [7, 11) is 0. The van der Waals surface area contributed by atoms with Crippen LogP contribution in [0.25, 0.3) is 0 Å². The Morgan fingerprint density at radius 3 is 2.32 bits per heavy atom. The number of amides is 1. The molecule has 0 aromatic carbocycles. The lowest BCUT2D eigenvalue weighted by molar-refractivity contribution is -0.125. The second kappa shape index (κ2) is 6.23. The van der Waals surface area contributed by atoms with Gasteiger partial charge in [-0.3, -0.25) is 4.79 Å². The van der Waals surface area contributed by atoms with E-state index in [2.05, 4.69) is 10.6 Å². The number of nitrogens with one attached hydrogen (secondary N) is 2. The number of aliphatic hydroxyl groups excluding tert-OH is 1. The molecular weight excluding hydrogens is 240 g/mol. The molecule has 2 saturated heterocycles. The molecule has 4 nitrogen and oxygen atoms in total. The molecule has 1 amide bonds. The molecule has 4 heteroatoms.